The molecule has 3 heterocycles. The fourth-order valence-electron chi connectivity index (χ4n) is 3.19. The zero-order valence-corrected chi connectivity index (χ0v) is 14.7. The van der Waals surface area contributed by atoms with Crippen molar-refractivity contribution in [2.24, 2.45) is 7.05 Å². The normalized spacial score (nSPS) is 15.6. The Hall–Kier alpha value is -2.44. The molecule has 1 fully saturated rings. The SMILES string of the molecule is Cc1cnc(C)c(N2CCC(N(C)C(=O)c3cnn(C)c3)CC2)n1. The highest BCUT2D eigenvalue weighted by Crippen LogP contribution is 2.23. The lowest BCUT2D eigenvalue weighted by Gasteiger charge is -2.37. The van der Waals surface area contributed by atoms with Gasteiger partial charge in [0.25, 0.3) is 5.91 Å². The summed E-state index contributed by atoms with van der Waals surface area (Å²) in [6.45, 7) is 5.72. The van der Waals surface area contributed by atoms with Gasteiger partial charge in [-0.2, -0.15) is 5.10 Å². The first kappa shape index (κ1) is 16.4. The van der Waals surface area contributed by atoms with Crippen LogP contribution in [0.2, 0.25) is 0 Å². The molecule has 0 N–H and O–H groups in total. The molecule has 1 aliphatic heterocycles. The van der Waals surface area contributed by atoms with Crippen LogP contribution in [0.3, 0.4) is 0 Å². The number of aryl methyl sites for hydroxylation is 3. The number of carbonyl (C=O) groups is 1. The molecular formula is C17H24N6O. The Kier molecular flexibility index (Phi) is 4.51. The van der Waals surface area contributed by atoms with Gasteiger partial charge in [-0.15, -0.1) is 0 Å². The average molecular weight is 328 g/mol. The Morgan fingerprint density at radius 3 is 2.58 bits per heavy atom. The zero-order valence-electron chi connectivity index (χ0n) is 14.7. The maximum Gasteiger partial charge on any atom is 0.257 e. The highest BCUT2D eigenvalue weighted by Gasteiger charge is 2.27. The standard InChI is InChI=1S/C17H24N6O/c1-12-9-18-13(2)16(20-12)23-7-5-15(6-8-23)22(4)17(24)14-10-19-21(3)11-14/h9-11,15H,5-8H2,1-4H3. The lowest BCUT2D eigenvalue weighted by molar-refractivity contribution is 0.0709. The van der Waals surface area contributed by atoms with E-state index in [4.69, 9.17) is 0 Å². The van der Waals surface area contributed by atoms with Gasteiger partial charge in [0.15, 0.2) is 0 Å². The second-order valence-corrected chi connectivity index (χ2v) is 6.46. The van der Waals surface area contributed by atoms with Crippen LogP contribution in [0.15, 0.2) is 18.6 Å². The first-order valence-electron chi connectivity index (χ1n) is 8.26. The van der Waals surface area contributed by atoms with E-state index < -0.39 is 0 Å². The van der Waals surface area contributed by atoms with Crippen LogP contribution in [-0.4, -0.2) is 56.7 Å². The van der Waals surface area contributed by atoms with Crippen LogP contribution in [-0.2, 0) is 7.05 Å². The van der Waals surface area contributed by atoms with Gasteiger partial charge in [-0.3, -0.25) is 14.5 Å². The number of anilines is 1. The van der Waals surface area contributed by atoms with E-state index in [1.807, 2.05) is 32.8 Å². The van der Waals surface area contributed by atoms with Gasteiger partial charge in [-0.25, -0.2) is 4.98 Å². The third-order valence-electron chi connectivity index (χ3n) is 4.63. The molecule has 2 aromatic rings. The third kappa shape index (κ3) is 3.25. The van der Waals surface area contributed by atoms with Gasteiger partial charge in [0, 0.05) is 45.6 Å². The van der Waals surface area contributed by atoms with E-state index in [0.717, 1.165) is 43.1 Å². The number of nitrogens with zero attached hydrogens (tertiary/aromatic N) is 6. The molecule has 7 heteroatoms. The van der Waals surface area contributed by atoms with Gasteiger partial charge < -0.3 is 9.80 Å². The Balaban J connectivity index is 1.64. The second kappa shape index (κ2) is 6.59. The van der Waals surface area contributed by atoms with Gasteiger partial charge in [-0.1, -0.05) is 0 Å². The Bertz CT molecular complexity index is 732. The summed E-state index contributed by atoms with van der Waals surface area (Å²) in [5, 5.41) is 4.08. The molecule has 24 heavy (non-hydrogen) atoms. The van der Waals surface area contributed by atoms with Crippen LogP contribution in [0.25, 0.3) is 0 Å². The highest BCUT2D eigenvalue weighted by atomic mass is 16.2. The number of carbonyl (C=O) groups excluding carboxylic acids is 1. The van der Waals surface area contributed by atoms with Gasteiger partial charge in [0.05, 0.1) is 23.1 Å². The molecule has 0 bridgehead atoms. The maximum atomic E-state index is 12.5. The van der Waals surface area contributed by atoms with Crippen LogP contribution in [0, 0.1) is 13.8 Å². The Morgan fingerprint density at radius 1 is 1.25 bits per heavy atom. The summed E-state index contributed by atoms with van der Waals surface area (Å²) in [5.41, 5.74) is 2.53. The van der Waals surface area contributed by atoms with Crippen molar-refractivity contribution >= 4 is 11.7 Å². The molecule has 0 unspecified atom stereocenters. The summed E-state index contributed by atoms with van der Waals surface area (Å²) in [6.07, 6.45) is 7.04. The summed E-state index contributed by atoms with van der Waals surface area (Å²) < 4.78 is 1.66. The molecule has 7 nitrogen and oxygen atoms in total. The lowest BCUT2D eigenvalue weighted by Crippen LogP contribution is -2.46. The molecule has 0 aliphatic carbocycles. The van der Waals surface area contributed by atoms with Crippen molar-refractivity contribution in [3.63, 3.8) is 0 Å². The number of rotatable bonds is 3. The molecule has 0 radical (unpaired) electrons. The van der Waals surface area contributed by atoms with E-state index in [1.54, 1.807) is 23.3 Å². The van der Waals surface area contributed by atoms with Gasteiger partial charge >= 0.3 is 0 Å². The monoisotopic (exact) mass is 328 g/mol. The number of amides is 1. The molecule has 1 aliphatic rings. The van der Waals surface area contributed by atoms with Crippen molar-refractivity contribution in [3.8, 4) is 0 Å². The summed E-state index contributed by atoms with van der Waals surface area (Å²) in [7, 11) is 3.70. The molecule has 128 valence electrons. The number of hydrogen-bond acceptors (Lipinski definition) is 5. The van der Waals surface area contributed by atoms with Crippen molar-refractivity contribution < 1.29 is 4.79 Å². The van der Waals surface area contributed by atoms with Gasteiger partial charge in [-0.05, 0) is 26.7 Å². The van der Waals surface area contributed by atoms with Gasteiger partial charge in [0.2, 0.25) is 0 Å². The topological polar surface area (TPSA) is 67.2 Å². The van der Waals surface area contributed by atoms with Crippen LogP contribution < -0.4 is 4.90 Å². The first-order valence-corrected chi connectivity index (χ1v) is 8.26. The third-order valence-corrected chi connectivity index (χ3v) is 4.63. The largest absolute Gasteiger partial charge is 0.355 e. The van der Waals surface area contributed by atoms with Crippen molar-refractivity contribution in [1.29, 1.82) is 0 Å². The second-order valence-electron chi connectivity index (χ2n) is 6.46. The fraction of sp³-hybridized carbons (Fsp3) is 0.529. The van der Waals surface area contributed by atoms with Crippen LogP contribution in [0.4, 0.5) is 5.82 Å². The van der Waals surface area contributed by atoms with Gasteiger partial charge in [0.1, 0.15) is 5.82 Å². The van der Waals surface area contributed by atoms with E-state index in [2.05, 4.69) is 20.0 Å². The maximum absolute atomic E-state index is 12.5. The van der Waals surface area contributed by atoms with Crippen LogP contribution in [0.5, 0.6) is 0 Å². The van der Waals surface area contributed by atoms with E-state index >= 15 is 0 Å². The minimum absolute atomic E-state index is 0.0353. The summed E-state index contributed by atoms with van der Waals surface area (Å²) >= 11 is 0. The van der Waals surface area contributed by atoms with Crippen molar-refractivity contribution in [1.82, 2.24) is 24.6 Å². The molecule has 0 saturated carbocycles. The fourth-order valence-corrected chi connectivity index (χ4v) is 3.19. The molecule has 0 atom stereocenters. The van der Waals surface area contributed by atoms with Crippen molar-refractivity contribution in [2.75, 3.05) is 25.0 Å². The zero-order chi connectivity index (χ0) is 17.3. The summed E-state index contributed by atoms with van der Waals surface area (Å²) in [5.74, 6) is 1.00. The summed E-state index contributed by atoms with van der Waals surface area (Å²) in [6, 6.07) is 0.243. The minimum Gasteiger partial charge on any atom is -0.355 e. The quantitative estimate of drug-likeness (QED) is 0.855. The number of piperidine rings is 1. The number of aromatic nitrogens is 4. The van der Waals surface area contributed by atoms with E-state index in [-0.39, 0.29) is 11.9 Å². The van der Waals surface area contributed by atoms with Crippen molar-refractivity contribution in [3.05, 3.63) is 35.5 Å². The first-order chi connectivity index (χ1) is 11.5. The smallest absolute Gasteiger partial charge is 0.257 e. The molecule has 0 spiro atoms. The molecule has 3 rings (SSSR count). The highest BCUT2D eigenvalue weighted by molar-refractivity contribution is 5.93. The predicted octanol–water partition coefficient (Wildman–Crippen LogP) is 1.57. The van der Waals surface area contributed by atoms with Crippen molar-refractivity contribution in [2.45, 2.75) is 32.7 Å². The molecule has 1 amide bonds. The Labute approximate surface area is 142 Å². The Morgan fingerprint density at radius 2 is 1.96 bits per heavy atom. The van der Waals surface area contributed by atoms with Crippen LogP contribution in [0.1, 0.15) is 34.6 Å². The van der Waals surface area contributed by atoms with Crippen LogP contribution >= 0.6 is 0 Å². The molecule has 2 aromatic heterocycles. The molecular weight excluding hydrogens is 304 g/mol. The summed E-state index contributed by atoms with van der Waals surface area (Å²) in [4.78, 5) is 25.7. The predicted molar refractivity (Wildman–Crippen MR) is 92.0 cm³/mol. The van der Waals surface area contributed by atoms with E-state index in [9.17, 15) is 4.79 Å². The minimum atomic E-state index is 0.0353. The average Bonchev–Trinajstić information content (AvgIpc) is 3.02. The molecule has 1 saturated heterocycles. The number of hydrogen-bond donors (Lipinski definition) is 0. The van der Waals surface area contributed by atoms with E-state index in [0.29, 0.717) is 5.56 Å². The van der Waals surface area contributed by atoms with E-state index in [1.165, 1.54) is 0 Å². The lowest BCUT2D eigenvalue weighted by atomic mass is 10.0. The molecule has 0 aromatic carbocycles.